The Morgan fingerprint density at radius 1 is 1.43 bits per heavy atom. The van der Waals surface area contributed by atoms with Gasteiger partial charge in [-0.3, -0.25) is 0 Å². The van der Waals surface area contributed by atoms with Gasteiger partial charge in [-0.15, -0.1) is 0 Å². The molecule has 5 nitrogen and oxygen atoms in total. The van der Waals surface area contributed by atoms with Crippen LogP contribution in [0.25, 0.3) is 0 Å². The van der Waals surface area contributed by atoms with Crippen LogP contribution in [0.5, 0.6) is 0 Å². The van der Waals surface area contributed by atoms with Gasteiger partial charge in [0.15, 0.2) is 0 Å². The van der Waals surface area contributed by atoms with Crippen molar-refractivity contribution in [2.75, 3.05) is 18.4 Å². The molecule has 1 aliphatic rings. The molecular weight excluding hydrogens is 266 g/mol. The SMILES string of the molecule is CC(N)c1cccc(NC(=O)N2CCCC(C)(O)CC2)c1. The molecule has 2 rings (SSSR count). The average molecular weight is 291 g/mol. The fraction of sp³-hybridized carbons (Fsp3) is 0.562. The Morgan fingerprint density at radius 3 is 2.90 bits per heavy atom. The van der Waals surface area contributed by atoms with Crippen molar-refractivity contribution in [1.82, 2.24) is 4.90 Å². The van der Waals surface area contributed by atoms with Gasteiger partial charge in [0, 0.05) is 24.8 Å². The van der Waals surface area contributed by atoms with Gasteiger partial charge in [0.2, 0.25) is 0 Å². The summed E-state index contributed by atoms with van der Waals surface area (Å²) in [4.78, 5) is 14.1. The molecule has 4 N–H and O–H groups in total. The van der Waals surface area contributed by atoms with E-state index in [1.807, 2.05) is 38.1 Å². The minimum Gasteiger partial charge on any atom is -0.390 e. The number of urea groups is 1. The zero-order chi connectivity index (χ0) is 15.5. The predicted octanol–water partition coefficient (Wildman–Crippen LogP) is 2.48. The maximum atomic E-state index is 12.3. The molecule has 2 unspecified atom stereocenters. The fourth-order valence-electron chi connectivity index (χ4n) is 2.57. The van der Waals surface area contributed by atoms with Crippen LogP contribution in [-0.4, -0.2) is 34.7 Å². The summed E-state index contributed by atoms with van der Waals surface area (Å²) in [6.07, 6.45) is 2.16. The Balaban J connectivity index is 1.99. The summed E-state index contributed by atoms with van der Waals surface area (Å²) in [6, 6.07) is 7.42. The van der Waals surface area contributed by atoms with E-state index < -0.39 is 5.60 Å². The molecule has 1 aromatic rings. The number of anilines is 1. The smallest absolute Gasteiger partial charge is 0.321 e. The van der Waals surface area contributed by atoms with E-state index in [-0.39, 0.29) is 12.1 Å². The van der Waals surface area contributed by atoms with Crippen molar-refractivity contribution in [1.29, 1.82) is 0 Å². The predicted molar refractivity (Wildman–Crippen MR) is 84.1 cm³/mol. The Labute approximate surface area is 126 Å². The second-order valence-corrected chi connectivity index (χ2v) is 6.18. The largest absolute Gasteiger partial charge is 0.390 e. The molecule has 1 aliphatic heterocycles. The summed E-state index contributed by atoms with van der Waals surface area (Å²) in [5, 5.41) is 13.0. The van der Waals surface area contributed by atoms with Gasteiger partial charge in [-0.2, -0.15) is 0 Å². The first-order valence-corrected chi connectivity index (χ1v) is 7.51. The number of hydrogen-bond donors (Lipinski definition) is 3. The number of nitrogens with two attached hydrogens (primary N) is 1. The summed E-state index contributed by atoms with van der Waals surface area (Å²) in [5.41, 5.74) is 6.94. The highest BCUT2D eigenvalue weighted by molar-refractivity contribution is 5.89. The molecule has 0 spiro atoms. The van der Waals surface area contributed by atoms with Crippen LogP contribution in [0.1, 0.15) is 44.7 Å². The summed E-state index contributed by atoms with van der Waals surface area (Å²) in [5.74, 6) is 0. The maximum absolute atomic E-state index is 12.3. The van der Waals surface area contributed by atoms with Crippen LogP contribution >= 0.6 is 0 Å². The standard InChI is InChI=1S/C16H25N3O2/c1-12(17)13-5-3-6-14(11-13)18-15(20)19-9-4-7-16(2,21)8-10-19/h3,5-6,11-12,21H,4,7-10,17H2,1-2H3,(H,18,20). The lowest BCUT2D eigenvalue weighted by Gasteiger charge is -2.23. The molecule has 0 aromatic heterocycles. The van der Waals surface area contributed by atoms with E-state index in [4.69, 9.17) is 5.73 Å². The summed E-state index contributed by atoms with van der Waals surface area (Å²) in [6.45, 7) is 5.00. The van der Waals surface area contributed by atoms with E-state index in [0.29, 0.717) is 19.5 Å². The lowest BCUT2D eigenvalue weighted by molar-refractivity contribution is 0.0458. The van der Waals surface area contributed by atoms with Gasteiger partial charge in [-0.1, -0.05) is 12.1 Å². The molecule has 0 saturated carbocycles. The number of benzene rings is 1. The Morgan fingerprint density at radius 2 is 2.19 bits per heavy atom. The van der Waals surface area contributed by atoms with Crippen LogP contribution in [0.3, 0.4) is 0 Å². The fourth-order valence-corrected chi connectivity index (χ4v) is 2.57. The first-order chi connectivity index (χ1) is 9.87. The number of nitrogens with zero attached hydrogens (tertiary/aromatic N) is 1. The van der Waals surface area contributed by atoms with Crippen LogP contribution in [0.4, 0.5) is 10.5 Å². The summed E-state index contributed by atoms with van der Waals surface area (Å²) < 4.78 is 0. The number of carbonyl (C=O) groups is 1. The third kappa shape index (κ3) is 4.44. The molecule has 1 heterocycles. The van der Waals surface area contributed by atoms with E-state index in [9.17, 15) is 9.90 Å². The highest BCUT2D eigenvalue weighted by Gasteiger charge is 2.27. The van der Waals surface area contributed by atoms with Crippen molar-refractivity contribution in [3.05, 3.63) is 29.8 Å². The third-order valence-corrected chi connectivity index (χ3v) is 4.01. The van der Waals surface area contributed by atoms with Crippen molar-refractivity contribution in [2.45, 2.75) is 44.8 Å². The first-order valence-electron chi connectivity index (χ1n) is 7.51. The number of hydrogen-bond acceptors (Lipinski definition) is 3. The van der Waals surface area contributed by atoms with Gasteiger partial charge >= 0.3 is 6.03 Å². The molecule has 21 heavy (non-hydrogen) atoms. The molecule has 2 atom stereocenters. The van der Waals surface area contributed by atoms with Crippen LogP contribution < -0.4 is 11.1 Å². The van der Waals surface area contributed by atoms with Crippen molar-refractivity contribution >= 4 is 11.7 Å². The van der Waals surface area contributed by atoms with E-state index in [2.05, 4.69) is 5.32 Å². The summed E-state index contributed by atoms with van der Waals surface area (Å²) in [7, 11) is 0. The number of likely N-dealkylation sites (tertiary alicyclic amines) is 1. The Hall–Kier alpha value is -1.59. The second kappa shape index (κ2) is 6.45. The lowest BCUT2D eigenvalue weighted by atomic mass is 9.98. The third-order valence-electron chi connectivity index (χ3n) is 4.01. The maximum Gasteiger partial charge on any atom is 0.321 e. The monoisotopic (exact) mass is 291 g/mol. The number of carbonyl (C=O) groups excluding carboxylic acids is 1. The molecule has 1 saturated heterocycles. The lowest BCUT2D eigenvalue weighted by Crippen LogP contribution is -2.36. The summed E-state index contributed by atoms with van der Waals surface area (Å²) >= 11 is 0. The minimum atomic E-state index is -0.663. The average Bonchev–Trinajstić information content (AvgIpc) is 2.60. The molecule has 0 radical (unpaired) electrons. The highest BCUT2D eigenvalue weighted by Crippen LogP contribution is 2.22. The van der Waals surface area contributed by atoms with E-state index >= 15 is 0 Å². The quantitative estimate of drug-likeness (QED) is 0.783. The number of rotatable bonds is 2. The van der Waals surface area contributed by atoms with Crippen LogP contribution in [0.2, 0.25) is 0 Å². The Bertz CT molecular complexity index is 500. The van der Waals surface area contributed by atoms with Crippen molar-refractivity contribution in [2.24, 2.45) is 5.73 Å². The number of aliphatic hydroxyl groups is 1. The van der Waals surface area contributed by atoms with Crippen molar-refractivity contribution in [3.63, 3.8) is 0 Å². The highest BCUT2D eigenvalue weighted by atomic mass is 16.3. The molecule has 116 valence electrons. The molecule has 0 aliphatic carbocycles. The zero-order valence-corrected chi connectivity index (χ0v) is 12.8. The van der Waals surface area contributed by atoms with Crippen molar-refractivity contribution < 1.29 is 9.90 Å². The van der Waals surface area contributed by atoms with Crippen LogP contribution in [0.15, 0.2) is 24.3 Å². The molecule has 5 heteroatoms. The van der Waals surface area contributed by atoms with Gasteiger partial charge < -0.3 is 21.1 Å². The normalized spacial score (nSPS) is 24.3. The van der Waals surface area contributed by atoms with Crippen LogP contribution in [-0.2, 0) is 0 Å². The zero-order valence-electron chi connectivity index (χ0n) is 12.8. The minimum absolute atomic E-state index is 0.0601. The number of amides is 2. The number of nitrogens with one attached hydrogen (secondary N) is 1. The van der Waals surface area contributed by atoms with Gasteiger partial charge in [-0.05, 0) is 50.8 Å². The molecule has 1 aromatic carbocycles. The topological polar surface area (TPSA) is 78.6 Å². The van der Waals surface area contributed by atoms with E-state index in [0.717, 1.165) is 24.1 Å². The van der Waals surface area contributed by atoms with Crippen LogP contribution in [0, 0.1) is 0 Å². The molecule has 2 amide bonds. The second-order valence-electron chi connectivity index (χ2n) is 6.18. The van der Waals surface area contributed by atoms with Gasteiger partial charge in [0.25, 0.3) is 0 Å². The first kappa shape index (κ1) is 15.8. The van der Waals surface area contributed by atoms with Gasteiger partial charge in [-0.25, -0.2) is 4.79 Å². The molecular formula is C16H25N3O2. The molecule has 1 fully saturated rings. The van der Waals surface area contributed by atoms with E-state index in [1.165, 1.54) is 0 Å². The Kier molecular flexibility index (Phi) is 4.85. The van der Waals surface area contributed by atoms with Gasteiger partial charge in [0.05, 0.1) is 5.60 Å². The van der Waals surface area contributed by atoms with Gasteiger partial charge in [0.1, 0.15) is 0 Å². The van der Waals surface area contributed by atoms with Crippen molar-refractivity contribution in [3.8, 4) is 0 Å². The molecule has 0 bridgehead atoms. The van der Waals surface area contributed by atoms with E-state index in [1.54, 1.807) is 4.90 Å².